The van der Waals surface area contributed by atoms with Crippen LogP contribution in [-0.4, -0.2) is 40.0 Å². The third kappa shape index (κ3) is 22.2. The zero-order valence-corrected chi connectivity index (χ0v) is 13.8. The molecule has 0 aliphatic heterocycles. The van der Waals surface area contributed by atoms with Crippen LogP contribution in [0.2, 0.25) is 0 Å². The van der Waals surface area contributed by atoms with Gasteiger partial charge in [0.05, 0.1) is 12.4 Å². The van der Waals surface area contributed by atoms with E-state index in [-0.39, 0.29) is 12.3 Å². The van der Waals surface area contributed by atoms with Crippen LogP contribution in [0.4, 0.5) is 0 Å². The predicted octanol–water partition coefficient (Wildman–Crippen LogP) is 0.0341. The van der Waals surface area contributed by atoms with E-state index in [0.29, 0.717) is 0 Å². The molecule has 0 spiro atoms. The standard InChI is InChI=1S/C10H9N2.2H3N.2H2O4S/c1-4-8-12(9-5-1)10-6-2-3-7-11-10;;;2*1-5(2,3)4/h1-9H;2*1H3;2*(H2,1,2,3,4)/q+1;;;;/p-1. The van der Waals surface area contributed by atoms with Gasteiger partial charge < -0.3 is 16.9 Å². The first-order valence-electron chi connectivity index (χ1n) is 5.22. The highest BCUT2D eigenvalue weighted by atomic mass is 32.3. The minimum Gasteiger partial charge on any atom is -0.726 e. The Bertz CT molecular complexity index is 670. The van der Waals surface area contributed by atoms with Gasteiger partial charge in [0.15, 0.2) is 0 Å². The molecule has 0 atom stereocenters. The van der Waals surface area contributed by atoms with Crippen LogP contribution in [0, 0.1) is 0 Å². The molecule has 24 heavy (non-hydrogen) atoms. The molecule has 0 aliphatic rings. The second-order valence-electron chi connectivity index (χ2n) is 3.35. The molecule has 0 unspecified atom stereocenters. The molecule has 0 bridgehead atoms. The topological polar surface area (TPSA) is 239 Å². The van der Waals surface area contributed by atoms with Gasteiger partial charge in [-0.3, -0.25) is 13.7 Å². The Balaban J connectivity index is -0.000000316. The molecule has 0 saturated carbocycles. The lowest BCUT2D eigenvalue weighted by molar-refractivity contribution is -0.599. The van der Waals surface area contributed by atoms with Crippen LogP contribution in [0.3, 0.4) is 0 Å². The molecule has 2 aromatic heterocycles. The van der Waals surface area contributed by atoms with E-state index in [4.69, 9.17) is 35.0 Å². The van der Waals surface area contributed by atoms with E-state index in [2.05, 4.69) is 4.98 Å². The monoisotopic (exact) mass is 386 g/mol. The van der Waals surface area contributed by atoms with Crippen molar-refractivity contribution in [1.29, 1.82) is 0 Å². The summed E-state index contributed by atoms with van der Waals surface area (Å²) in [5, 5.41) is 0. The van der Waals surface area contributed by atoms with Crippen LogP contribution >= 0.6 is 0 Å². The summed E-state index contributed by atoms with van der Waals surface area (Å²) in [7, 11) is -9.58. The van der Waals surface area contributed by atoms with Crippen LogP contribution in [0.25, 0.3) is 5.82 Å². The summed E-state index contributed by atoms with van der Waals surface area (Å²) in [6, 6.07) is 11.8. The number of hydrogen-bond acceptors (Lipinski definition) is 8. The van der Waals surface area contributed by atoms with Crippen LogP contribution in [0.5, 0.6) is 0 Å². The molecule has 0 fully saturated rings. The van der Waals surface area contributed by atoms with Gasteiger partial charge in [-0.25, -0.2) is 13.0 Å². The van der Waals surface area contributed by atoms with Crippen LogP contribution in [0.1, 0.15) is 0 Å². The minimum absolute atomic E-state index is 0. The molecule has 0 saturated heterocycles. The molecule has 138 valence electrons. The Morgan fingerprint density at radius 3 is 1.62 bits per heavy atom. The van der Waals surface area contributed by atoms with Crippen molar-refractivity contribution in [2.24, 2.45) is 0 Å². The normalized spacial score (nSPS) is 9.67. The largest absolute Gasteiger partial charge is 0.726 e. The first-order valence-corrected chi connectivity index (χ1v) is 7.99. The highest BCUT2D eigenvalue weighted by Crippen LogP contribution is 1.91. The molecule has 9 N–H and O–H groups in total. The smallest absolute Gasteiger partial charge is 0.394 e. The minimum atomic E-state index is -4.92. The van der Waals surface area contributed by atoms with Gasteiger partial charge in [0.1, 0.15) is 6.20 Å². The van der Waals surface area contributed by atoms with Gasteiger partial charge in [-0.05, 0) is 23.2 Å². The molecule has 0 radical (unpaired) electrons. The van der Waals surface area contributed by atoms with Gasteiger partial charge in [0.25, 0.3) is 0 Å². The van der Waals surface area contributed by atoms with E-state index >= 15 is 0 Å². The number of rotatable bonds is 1. The Morgan fingerprint density at radius 2 is 1.29 bits per heavy atom. The predicted molar refractivity (Wildman–Crippen MR) is 82.3 cm³/mol. The van der Waals surface area contributed by atoms with E-state index in [1.807, 2.05) is 53.4 Å². The lowest BCUT2D eigenvalue weighted by atomic mass is 10.4. The van der Waals surface area contributed by atoms with Gasteiger partial charge >= 0.3 is 16.2 Å². The number of hydrogen-bond donors (Lipinski definition) is 5. The van der Waals surface area contributed by atoms with Crippen molar-refractivity contribution in [3.63, 3.8) is 0 Å². The van der Waals surface area contributed by atoms with Crippen LogP contribution in [-0.2, 0) is 20.8 Å². The first kappa shape index (κ1) is 26.8. The van der Waals surface area contributed by atoms with Crippen molar-refractivity contribution in [3.8, 4) is 5.82 Å². The fourth-order valence-electron chi connectivity index (χ4n) is 1.06. The van der Waals surface area contributed by atoms with Crippen LogP contribution in [0.15, 0.2) is 55.0 Å². The van der Waals surface area contributed by atoms with Gasteiger partial charge in [0.2, 0.25) is 10.4 Å². The van der Waals surface area contributed by atoms with E-state index in [1.54, 1.807) is 6.20 Å². The van der Waals surface area contributed by atoms with Gasteiger partial charge in [0, 0.05) is 6.07 Å². The first-order chi connectivity index (χ1) is 9.97. The zero-order chi connectivity index (χ0) is 17.2. The summed E-state index contributed by atoms with van der Waals surface area (Å²) in [4.78, 5) is 4.21. The van der Waals surface area contributed by atoms with Gasteiger partial charge in [-0.15, -0.1) is 0 Å². The number of pyridine rings is 2. The second-order valence-corrected chi connectivity index (χ2v) is 5.10. The van der Waals surface area contributed by atoms with Crippen molar-refractivity contribution in [2.75, 3.05) is 0 Å². The third-order valence-electron chi connectivity index (χ3n) is 1.63. The summed E-state index contributed by atoms with van der Waals surface area (Å²) in [6.07, 6.45) is 5.74. The Hall–Kier alpha value is -2.04. The summed E-state index contributed by atoms with van der Waals surface area (Å²) >= 11 is 0. The lowest BCUT2D eigenvalue weighted by Crippen LogP contribution is -2.29. The average Bonchev–Trinajstić information content (AvgIpc) is 2.37. The molecule has 14 heteroatoms. The average molecular weight is 386 g/mol. The molecular weight excluding hydrogens is 368 g/mol. The maximum Gasteiger partial charge on any atom is 0.394 e. The van der Waals surface area contributed by atoms with Crippen molar-refractivity contribution in [3.05, 3.63) is 55.0 Å². The van der Waals surface area contributed by atoms with E-state index < -0.39 is 20.8 Å². The summed E-state index contributed by atoms with van der Waals surface area (Å²) in [5.41, 5.74) is 0. The van der Waals surface area contributed by atoms with Gasteiger partial charge in [-0.2, -0.15) is 8.42 Å². The summed E-state index contributed by atoms with van der Waals surface area (Å²) < 4.78 is 66.4. The molecule has 2 heterocycles. The van der Waals surface area contributed by atoms with Gasteiger partial charge in [-0.1, -0.05) is 12.1 Å². The molecular formula is C10H18N4O8S2. The molecule has 12 nitrogen and oxygen atoms in total. The van der Waals surface area contributed by atoms with E-state index in [0.717, 1.165) is 5.82 Å². The lowest BCUT2D eigenvalue weighted by Gasteiger charge is -1.91. The highest BCUT2D eigenvalue weighted by Gasteiger charge is 2.01. The molecule has 0 amide bonds. The van der Waals surface area contributed by atoms with Crippen molar-refractivity contribution < 1.29 is 39.6 Å². The molecule has 2 rings (SSSR count). The number of nitrogens with zero attached hydrogens (tertiary/aromatic N) is 2. The van der Waals surface area contributed by atoms with E-state index in [1.165, 1.54) is 0 Å². The summed E-state index contributed by atoms with van der Waals surface area (Å²) in [6.45, 7) is 0. The SMILES string of the molecule is N.N.O=S(=O)(O)O.O=S(=O)([O-])O.c1cc[n+](-c2ccccn2)cc1. The Labute approximate surface area is 139 Å². The molecule has 0 aliphatic carbocycles. The fourth-order valence-corrected chi connectivity index (χ4v) is 1.06. The van der Waals surface area contributed by atoms with Crippen molar-refractivity contribution in [1.82, 2.24) is 17.3 Å². The zero-order valence-electron chi connectivity index (χ0n) is 12.2. The summed E-state index contributed by atoms with van der Waals surface area (Å²) in [5.74, 6) is 0.943. The number of aromatic nitrogens is 2. The Morgan fingerprint density at radius 1 is 0.875 bits per heavy atom. The third-order valence-corrected chi connectivity index (χ3v) is 1.63. The maximum atomic E-state index is 8.74. The second kappa shape index (κ2) is 12.4. The van der Waals surface area contributed by atoms with Crippen molar-refractivity contribution in [2.45, 2.75) is 0 Å². The fraction of sp³-hybridized carbons (Fsp3) is 0. The molecule has 2 aromatic rings. The van der Waals surface area contributed by atoms with Crippen molar-refractivity contribution >= 4 is 20.8 Å². The highest BCUT2D eigenvalue weighted by molar-refractivity contribution is 7.80. The molecule has 0 aromatic carbocycles. The quantitative estimate of drug-likeness (QED) is 0.249. The Kier molecular flexibility index (Phi) is 13.9. The van der Waals surface area contributed by atoms with Crippen LogP contribution < -0.4 is 16.9 Å². The maximum absolute atomic E-state index is 8.74. The van der Waals surface area contributed by atoms with E-state index in [9.17, 15) is 0 Å².